The van der Waals surface area contributed by atoms with Gasteiger partial charge in [-0.2, -0.15) is 0 Å². The zero-order valence-electron chi connectivity index (χ0n) is 8.75. The first-order valence-electron chi connectivity index (χ1n) is 4.39. The lowest BCUT2D eigenvalue weighted by Gasteiger charge is -2.33. The fraction of sp³-hybridized carbons (Fsp3) is 1.00. The van der Waals surface area contributed by atoms with E-state index in [0.29, 0.717) is 15.7 Å². The summed E-state index contributed by atoms with van der Waals surface area (Å²) in [6, 6.07) is 0. The van der Waals surface area contributed by atoms with Crippen molar-refractivity contribution in [2.75, 3.05) is 5.33 Å². The molecule has 0 rings (SSSR count). The van der Waals surface area contributed by atoms with E-state index in [9.17, 15) is 0 Å². The lowest BCUT2D eigenvalue weighted by atomic mass is 9.81. The summed E-state index contributed by atoms with van der Waals surface area (Å²) < 4.78 is 0. The summed E-state index contributed by atoms with van der Waals surface area (Å²) in [6.45, 7) is 11.4. The molecule has 0 nitrogen and oxygen atoms in total. The fourth-order valence-corrected chi connectivity index (χ4v) is 2.86. The number of hydrogen-bond acceptors (Lipinski definition) is 0. The average molecular weight is 300 g/mol. The molecule has 0 aromatic heterocycles. The second kappa shape index (κ2) is 4.45. The van der Waals surface area contributed by atoms with Crippen LogP contribution in [0, 0.1) is 10.8 Å². The van der Waals surface area contributed by atoms with Crippen molar-refractivity contribution in [2.45, 2.75) is 45.9 Å². The van der Waals surface area contributed by atoms with E-state index in [-0.39, 0.29) is 0 Å². The quantitative estimate of drug-likeness (QED) is 0.668. The highest BCUT2D eigenvalue weighted by Crippen LogP contribution is 2.36. The summed E-state index contributed by atoms with van der Waals surface area (Å²) in [5.41, 5.74) is 0.751. The largest absolute Gasteiger partial charge is 0.0922 e. The van der Waals surface area contributed by atoms with Gasteiger partial charge in [0.25, 0.3) is 0 Å². The van der Waals surface area contributed by atoms with Gasteiger partial charge in [-0.15, -0.1) is 0 Å². The number of rotatable bonds is 3. The van der Waals surface area contributed by atoms with Crippen molar-refractivity contribution >= 4 is 31.9 Å². The van der Waals surface area contributed by atoms with Crippen molar-refractivity contribution in [3.8, 4) is 0 Å². The van der Waals surface area contributed by atoms with E-state index in [1.807, 2.05) is 0 Å². The van der Waals surface area contributed by atoms with Crippen LogP contribution in [0.15, 0.2) is 0 Å². The molecular weight excluding hydrogens is 280 g/mol. The van der Waals surface area contributed by atoms with Gasteiger partial charge in [0.05, 0.1) is 0 Å². The molecule has 2 heteroatoms. The fourth-order valence-electron chi connectivity index (χ4n) is 0.898. The first-order valence-corrected chi connectivity index (χ1v) is 6.43. The predicted octanol–water partition coefficient (Wildman–Crippen LogP) is 4.61. The second-order valence-corrected chi connectivity index (χ2v) is 7.02. The molecule has 0 radical (unpaired) electrons. The molecule has 12 heavy (non-hydrogen) atoms. The number of hydrogen-bond donors (Lipinski definition) is 0. The van der Waals surface area contributed by atoms with Crippen LogP contribution in [0.1, 0.15) is 41.0 Å². The molecule has 0 aromatic rings. The van der Waals surface area contributed by atoms with Gasteiger partial charge in [0.15, 0.2) is 0 Å². The Morgan fingerprint density at radius 2 is 1.50 bits per heavy atom. The van der Waals surface area contributed by atoms with Crippen LogP contribution in [0.3, 0.4) is 0 Å². The third kappa shape index (κ3) is 4.86. The molecular formula is C10H20Br2. The summed E-state index contributed by atoms with van der Waals surface area (Å²) in [5.74, 6) is 0. The van der Waals surface area contributed by atoms with Gasteiger partial charge >= 0.3 is 0 Å². The lowest BCUT2D eigenvalue weighted by molar-refractivity contribution is 0.296. The molecule has 0 aromatic carbocycles. The molecule has 0 heterocycles. The highest BCUT2D eigenvalue weighted by atomic mass is 79.9. The minimum atomic E-state index is 0.341. The van der Waals surface area contributed by atoms with Gasteiger partial charge in [-0.05, 0) is 17.3 Å². The predicted molar refractivity (Wildman–Crippen MR) is 64.4 cm³/mol. The molecule has 0 N–H and O–H groups in total. The Balaban J connectivity index is 4.13. The lowest BCUT2D eigenvalue weighted by Crippen LogP contribution is -2.29. The van der Waals surface area contributed by atoms with Crippen LogP contribution in [-0.2, 0) is 0 Å². The van der Waals surface area contributed by atoms with Gasteiger partial charge < -0.3 is 0 Å². The molecule has 1 unspecified atom stereocenters. The van der Waals surface area contributed by atoms with Gasteiger partial charge in [0, 0.05) is 10.2 Å². The van der Waals surface area contributed by atoms with E-state index < -0.39 is 0 Å². The van der Waals surface area contributed by atoms with Crippen molar-refractivity contribution in [2.24, 2.45) is 10.8 Å². The maximum Gasteiger partial charge on any atom is 0.0209 e. The summed E-state index contributed by atoms with van der Waals surface area (Å²) in [5, 5.41) is 1.05. The zero-order valence-corrected chi connectivity index (χ0v) is 11.9. The molecule has 0 amide bonds. The Morgan fingerprint density at radius 1 is 1.08 bits per heavy atom. The van der Waals surface area contributed by atoms with Crippen molar-refractivity contribution in [1.29, 1.82) is 0 Å². The average Bonchev–Trinajstić information content (AvgIpc) is 1.84. The third-order valence-corrected chi connectivity index (χ3v) is 4.99. The molecule has 0 aliphatic heterocycles. The van der Waals surface area contributed by atoms with Crippen LogP contribution in [0.2, 0.25) is 0 Å². The number of alkyl halides is 2. The van der Waals surface area contributed by atoms with Crippen LogP contribution >= 0.6 is 31.9 Å². The Kier molecular flexibility index (Phi) is 4.81. The molecule has 0 fully saturated rings. The van der Waals surface area contributed by atoms with Crippen molar-refractivity contribution in [3.05, 3.63) is 0 Å². The number of halogens is 2. The second-order valence-electron chi connectivity index (χ2n) is 5.35. The standard InChI is InChI=1S/C10H20Br2/c1-9(2,3)6-8(12)10(4,5)7-11/h8H,6-7H2,1-5H3. The van der Waals surface area contributed by atoms with E-state index in [4.69, 9.17) is 0 Å². The maximum absolute atomic E-state index is 3.77. The highest BCUT2D eigenvalue weighted by molar-refractivity contribution is 9.10. The summed E-state index contributed by atoms with van der Waals surface area (Å²) >= 11 is 7.31. The Bertz CT molecular complexity index is 133. The molecule has 0 spiro atoms. The van der Waals surface area contributed by atoms with Crippen LogP contribution in [-0.4, -0.2) is 10.2 Å². The minimum absolute atomic E-state index is 0.341. The van der Waals surface area contributed by atoms with E-state index in [1.165, 1.54) is 6.42 Å². The third-order valence-electron chi connectivity index (χ3n) is 1.98. The topological polar surface area (TPSA) is 0 Å². The van der Waals surface area contributed by atoms with Crippen LogP contribution in [0.25, 0.3) is 0 Å². The smallest absolute Gasteiger partial charge is 0.0209 e. The van der Waals surface area contributed by atoms with Crippen molar-refractivity contribution < 1.29 is 0 Å². The van der Waals surface area contributed by atoms with E-state index >= 15 is 0 Å². The first kappa shape index (κ1) is 13.0. The van der Waals surface area contributed by atoms with E-state index in [1.54, 1.807) is 0 Å². The molecule has 0 saturated heterocycles. The van der Waals surface area contributed by atoms with E-state index in [2.05, 4.69) is 66.5 Å². The first-order chi connectivity index (χ1) is 5.19. The van der Waals surface area contributed by atoms with Gasteiger partial charge in [0.2, 0.25) is 0 Å². The van der Waals surface area contributed by atoms with Gasteiger partial charge in [-0.3, -0.25) is 0 Å². The molecule has 0 bridgehead atoms. The van der Waals surface area contributed by atoms with Crippen molar-refractivity contribution in [3.63, 3.8) is 0 Å². The normalized spacial score (nSPS) is 16.2. The Morgan fingerprint density at radius 3 is 1.75 bits per heavy atom. The van der Waals surface area contributed by atoms with Gasteiger partial charge in [-0.1, -0.05) is 66.5 Å². The Labute approximate surface area is 93.8 Å². The molecule has 0 saturated carbocycles. The summed E-state index contributed by atoms with van der Waals surface area (Å²) in [4.78, 5) is 0.587. The summed E-state index contributed by atoms with van der Waals surface area (Å²) in [7, 11) is 0. The van der Waals surface area contributed by atoms with Crippen LogP contribution in [0.4, 0.5) is 0 Å². The Hall–Kier alpha value is 0.960. The molecule has 0 aliphatic rings. The van der Waals surface area contributed by atoms with Crippen LogP contribution < -0.4 is 0 Å². The maximum atomic E-state index is 3.77. The summed E-state index contributed by atoms with van der Waals surface area (Å²) in [6.07, 6.45) is 1.21. The SMILES string of the molecule is CC(C)(C)CC(Br)C(C)(C)CBr. The monoisotopic (exact) mass is 298 g/mol. The van der Waals surface area contributed by atoms with Crippen LogP contribution in [0.5, 0.6) is 0 Å². The van der Waals surface area contributed by atoms with Crippen molar-refractivity contribution in [1.82, 2.24) is 0 Å². The van der Waals surface area contributed by atoms with E-state index in [0.717, 1.165) is 5.33 Å². The minimum Gasteiger partial charge on any atom is -0.0922 e. The highest BCUT2D eigenvalue weighted by Gasteiger charge is 2.29. The molecule has 0 aliphatic carbocycles. The molecule has 74 valence electrons. The zero-order chi connectivity index (χ0) is 9.99. The van der Waals surface area contributed by atoms with Gasteiger partial charge in [0.1, 0.15) is 0 Å². The molecule has 1 atom stereocenters. The van der Waals surface area contributed by atoms with Gasteiger partial charge in [-0.25, -0.2) is 0 Å².